The third-order valence-electron chi connectivity index (χ3n) is 2.87. The molecule has 0 saturated heterocycles. The number of ketones is 1. The fourth-order valence-electron chi connectivity index (χ4n) is 2.03. The van der Waals surface area contributed by atoms with Crippen LogP contribution in [0.5, 0.6) is 0 Å². The predicted octanol–water partition coefficient (Wildman–Crippen LogP) is 2.39. The van der Waals surface area contributed by atoms with Gasteiger partial charge in [-0.25, -0.2) is 0 Å². The first kappa shape index (κ1) is 16.1. The van der Waals surface area contributed by atoms with Crippen molar-refractivity contribution >= 4 is 17.2 Å². The molecule has 0 amide bonds. The Balaban J connectivity index is 3.28. The highest BCUT2D eigenvalue weighted by molar-refractivity contribution is 6.00. The maximum Gasteiger partial charge on any atom is 0.270 e. The number of non-ortho nitro benzene ring substituents is 1. The van der Waals surface area contributed by atoms with Gasteiger partial charge in [-0.15, -0.1) is 0 Å². The fourth-order valence-corrected chi connectivity index (χ4v) is 2.03. The number of benzene rings is 1. The largest absolute Gasteiger partial charge is 0.389 e. The smallest absolute Gasteiger partial charge is 0.270 e. The Bertz CT molecular complexity index is 520. The van der Waals surface area contributed by atoms with Crippen LogP contribution in [0.2, 0.25) is 0 Å². The van der Waals surface area contributed by atoms with E-state index in [2.05, 4.69) is 0 Å². The van der Waals surface area contributed by atoms with Gasteiger partial charge in [0.1, 0.15) is 0 Å². The second-order valence-corrected chi connectivity index (χ2v) is 5.34. The molecule has 0 atom stereocenters. The highest BCUT2D eigenvalue weighted by atomic mass is 16.6. The van der Waals surface area contributed by atoms with Gasteiger partial charge in [-0.3, -0.25) is 14.9 Å². The number of nitro groups is 1. The number of rotatable bonds is 6. The molecule has 1 rings (SSSR count). The number of anilines is 1. The molecule has 0 aliphatic rings. The van der Waals surface area contributed by atoms with Gasteiger partial charge < -0.3 is 10.0 Å². The topological polar surface area (TPSA) is 83.7 Å². The maximum absolute atomic E-state index is 11.7. The lowest BCUT2D eigenvalue weighted by molar-refractivity contribution is -0.384. The monoisotopic (exact) mass is 280 g/mol. The Morgan fingerprint density at radius 3 is 2.45 bits per heavy atom. The molecule has 110 valence electrons. The zero-order valence-corrected chi connectivity index (χ0v) is 12.2. The summed E-state index contributed by atoms with van der Waals surface area (Å²) in [5, 5.41) is 20.7. The summed E-state index contributed by atoms with van der Waals surface area (Å²) >= 11 is 0. The van der Waals surface area contributed by atoms with Crippen molar-refractivity contribution in [3.8, 4) is 0 Å². The summed E-state index contributed by atoms with van der Waals surface area (Å²) < 4.78 is 0. The molecule has 0 aliphatic carbocycles. The van der Waals surface area contributed by atoms with E-state index in [1.54, 1.807) is 19.9 Å². The van der Waals surface area contributed by atoms with Gasteiger partial charge in [0.25, 0.3) is 5.69 Å². The summed E-state index contributed by atoms with van der Waals surface area (Å²) in [5.74, 6) is -0.238. The van der Waals surface area contributed by atoms with Crippen molar-refractivity contribution in [1.82, 2.24) is 0 Å². The van der Waals surface area contributed by atoms with Crippen LogP contribution < -0.4 is 4.90 Å². The molecule has 1 aromatic carbocycles. The van der Waals surface area contributed by atoms with Crippen LogP contribution in [0.25, 0.3) is 0 Å². The molecule has 1 N–H and O–H groups in total. The van der Waals surface area contributed by atoms with Crippen molar-refractivity contribution in [3.63, 3.8) is 0 Å². The number of nitrogens with zero attached hydrogens (tertiary/aromatic N) is 2. The van der Waals surface area contributed by atoms with Gasteiger partial charge in [-0.1, -0.05) is 0 Å². The van der Waals surface area contributed by atoms with E-state index < -0.39 is 10.5 Å². The third kappa shape index (κ3) is 4.03. The lowest BCUT2D eigenvalue weighted by atomic mass is 10.0. The summed E-state index contributed by atoms with van der Waals surface area (Å²) in [6.07, 6.45) is 0. The molecular weight excluding hydrogens is 260 g/mol. The minimum absolute atomic E-state index is 0.113. The molecule has 0 heterocycles. The van der Waals surface area contributed by atoms with Gasteiger partial charge in [-0.2, -0.15) is 0 Å². The van der Waals surface area contributed by atoms with Crippen LogP contribution in [-0.2, 0) is 0 Å². The summed E-state index contributed by atoms with van der Waals surface area (Å²) in [6, 6.07) is 4.21. The normalized spacial score (nSPS) is 11.2. The summed E-state index contributed by atoms with van der Waals surface area (Å²) in [6.45, 7) is 7.55. The first-order valence-electron chi connectivity index (χ1n) is 6.42. The lowest BCUT2D eigenvalue weighted by Crippen LogP contribution is -2.39. The van der Waals surface area contributed by atoms with Crippen LogP contribution in [0.4, 0.5) is 11.4 Å². The Hall–Kier alpha value is -1.95. The Kier molecular flexibility index (Phi) is 4.83. The van der Waals surface area contributed by atoms with E-state index in [1.165, 1.54) is 19.1 Å². The number of Topliss-reactive ketones (excluding diaryl/α,β-unsaturated/α-hetero) is 1. The highest BCUT2D eigenvalue weighted by Crippen LogP contribution is 2.27. The minimum atomic E-state index is -0.925. The van der Waals surface area contributed by atoms with E-state index >= 15 is 0 Å². The number of nitro benzene ring substituents is 1. The molecule has 6 nitrogen and oxygen atoms in total. The van der Waals surface area contributed by atoms with Crippen LogP contribution >= 0.6 is 0 Å². The van der Waals surface area contributed by atoms with Crippen molar-refractivity contribution in [3.05, 3.63) is 33.9 Å². The van der Waals surface area contributed by atoms with E-state index in [0.717, 1.165) is 0 Å². The molecule has 0 aromatic heterocycles. The van der Waals surface area contributed by atoms with Crippen molar-refractivity contribution < 1.29 is 14.8 Å². The SMILES string of the molecule is CCN(CC(C)(C)O)c1ccc([N+](=O)[O-])cc1C(C)=O. The van der Waals surface area contributed by atoms with Gasteiger partial charge >= 0.3 is 0 Å². The molecule has 0 aliphatic heterocycles. The molecule has 0 bridgehead atoms. The van der Waals surface area contributed by atoms with Crippen LogP contribution in [0.3, 0.4) is 0 Å². The van der Waals surface area contributed by atoms with Gasteiger partial charge in [-0.05, 0) is 33.8 Å². The molecule has 1 aromatic rings. The standard InChI is InChI=1S/C14H20N2O4/c1-5-15(9-14(3,4)18)13-7-6-11(16(19)20)8-12(13)10(2)17/h6-8,18H,5,9H2,1-4H3. The first-order chi connectivity index (χ1) is 9.15. The summed E-state index contributed by atoms with van der Waals surface area (Å²) in [4.78, 5) is 23.8. The predicted molar refractivity (Wildman–Crippen MR) is 77.3 cm³/mol. The molecule has 0 radical (unpaired) electrons. The Morgan fingerprint density at radius 1 is 1.45 bits per heavy atom. The minimum Gasteiger partial charge on any atom is -0.389 e. The zero-order valence-electron chi connectivity index (χ0n) is 12.2. The number of carbonyl (C=O) groups is 1. The fraction of sp³-hybridized carbons (Fsp3) is 0.500. The Morgan fingerprint density at radius 2 is 2.05 bits per heavy atom. The van der Waals surface area contributed by atoms with E-state index in [0.29, 0.717) is 24.3 Å². The van der Waals surface area contributed by atoms with Crippen molar-refractivity contribution in [2.24, 2.45) is 0 Å². The number of hydrogen-bond acceptors (Lipinski definition) is 5. The maximum atomic E-state index is 11.7. The van der Waals surface area contributed by atoms with Gasteiger partial charge in [0.15, 0.2) is 5.78 Å². The molecule has 6 heteroatoms. The molecule has 20 heavy (non-hydrogen) atoms. The van der Waals surface area contributed by atoms with Crippen molar-refractivity contribution in [1.29, 1.82) is 0 Å². The van der Waals surface area contributed by atoms with E-state index in [1.807, 2.05) is 11.8 Å². The van der Waals surface area contributed by atoms with Crippen LogP contribution in [0.1, 0.15) is 38.1 Å². The zero-order chi connectivity index (χ0) is 15.5. The summed E-state index contributed by atoms with van der Waals surface area (Å²) in [7, 11) is 0. The quantitative estimate of drug-likeness (QED) is 0.491. The molecule has 0 spiro atoms. The summed E-state index contributed by atoms with van der Waals surface area (Å²) in [5.41, 5.74) is -0.137. The van der Waals surface area contributed by atoms with E-state index in [4.69, 9.17) is 0 Å². The first-order valence-corrected chi connectivity index (χ1v) is 6.42. The third-order valence-corrected chi connectivity index (χ3v) is 2.87. The van der Waals surface area contributed by atoms with Crippen LogP contribution in [0.15, 0.2) is 18.2 Å². The number of carbonyl (C=O) groups excluding carboxylic acids is 1. The highest BCUT2D eigenvalue weighted by Gasteiger charge is 2.22. The molecule has 0 fully saturated rings. The number of hydrogen-bond donors (Lipinski definition) is 1. The van der Waals surface area contributed by atoms with Crippen LogP contribution in [-0.4, -0.2) is 34.5 Å². The van der Waals surface area contributed by atoms with E-state index in [-0.39, 0.29) is 11.5 Å². The van der Waals surface area contributed by atoms with Gasteiger partial charge in [0.2, 0.25) is 0 Å². The van der Waals surface area contributed by atoms with E-state index in [9.17, 15) is 20.0 Å². The lowest BCUT2D eigenvalue weighted by Gasteiger charge is -2.31. The number of likely N-dealkylation sites (N-methyl/N-ethyl adjacent to an activating group) is 1. The average molecular weight is 280 g/mol. The Labute approximate surface area is 118 Å². The molecular formula is C14H20N2O4. The molecule has 0 unspecified atom stereocenters. The van der Waals surface area contributed by atoms with Crippen molar-refractivity contribution in [2.75, 3.05) is 18.0 Å². The van der Waals surface area contributed by atoms with Gasteiger partial charge in [0, 0.05) is 36.5 Å². The average Bonchev–Trinajstić information content (AvgIpc) is 2.34. The van der Waals surface area contributed by atoms with Crippen molar-refractivity contribution in [2.45, 2.75) is 33.3 Å². The number of aliphatic hydroxyl groups is 1. The van der Waals surface area contributed by atoms with Crippen LogP contribution in [0, 0.1) is 10.1 Å². The van der Waals surface area contributed by atoms with Gasteiger partial charge in [0.05, 0.1) is 10.5 Å². The second kappa shape index (κ2) is 6.00. The molecule has 0 saturated carbocycles. The second-order valence-electron chi connectivity index (χ2n) is 5.34.